The van der Waals surface area contributed by atoms with Gasteiger partial charge in [0.05, 0.1) is 17.2 Å². The minimum Gasteiger partial charge on any atom is -0.325 e. The molecule has 3 rings (SSSR count). The number of hydrogen-bond acceptors (Lipinski definition) is 3. The third kappa shape index (κ3) is 3.80. The molecule has 0 aliphatic carbocycles. The monoisotopic (exact) mass is 339 g/mol. The zero-order chi connectivity index (χ0) is 16.8. The van der Waals surface area contributed by atoms with Crippen molar-refractivity contribution < 1.29 is 4.79 Å². The van der Waals surface area contributed by atoms with Crippen LogP contribution in [-0.2, 0) is 0 Å². The lowest BCUT2D eigenvalue weighted by Crippen LogP contribution is -2.36. The summed E-state index contributed by atoms with van der Waals surface area (Å²) in [6.45, 7) is 3.45. The lowest BCUT2D eigenvalue weighted by molar-refractivity contribution is 0.241. The van der Waals surface area contributed by atoms with Crippen LogP contribution in [0.5, 0.6) is 0 Å². The lowest BCUT2D eigenvalue weighted by atomic mass is 10.2. The van der Waals surface area contributed by atoms with E-state index in [-0.39, 0.29) is 6.03 Å². The van der Waals surface area contributed by atoms with Gasteiger partial charge in [-0.25, -0.2) is 4.79 Å². The van der Waals surface area contributed by atoms with Crippen LogP contribution in [0.3, 0.4) is 0 Å². The molecule has 1 aromatic heterocycles. The molecular weight excluding hydrogens is 318 g/mol. The number of para-hydroxylation sites is 1. The van der Waals surface area contributed by atoms with E-state index in [9.17, 15) is 4.79 Å². The molecule has 0 spiro atoms. The zero-order valence-electron chi connectivity index (χ0n) is 13.7. The van der Waals surface area contributed by atoms with Crippen molar-refractivity contribution in [1.29, 1.82) is 0 Å². The summed E-state index contributed by atoms with van der Waals surface area (Å²) in [6, 6.07) is 20.0. The fourth-order valence-electron chi connectivity index (χ4n) is 2.51. The van der Waals surface area contributed by atoms with E-state index in [1.807, 2.05) is 54.6 Å². The minimum atomic E-state index is -0.113. The van der Waals surface area contributed by atoms with Crippen molar-refractivity contribution in [2.24, 2.45) is 0 Å². The number of hydrogen-bond donors (Lipinski definition) is 2. The molecule has 0 radical (unpaired) electrons. The first-order valence-electron chi connectivity index (χ1n) is 8.12. The van der Waals surface area contributed by atoms with Crippen LogP contribution in [0.25, 0.3) is 10.9 Å². The summed E-state index contributed by atoms with van der Waals surface area (Å²) < 4.78 is 1.75. The van der Waals surface area contributed by atoms with E-state index >= 15 is 0 Å². The van der Waals surface area contributed by atoms with Crippen LogP contribution in [0.1, 0.15) is 13.3 Å². The van der Waals surface area contributed by atoms with E-state index in [0.29, 0.717) is 6.67 Å². The highest BCUT2D eigenvalue weighted by Gasteiger charge is 2.15. The zero-order valence-corrected chi connectivity index (χ0v) is 14.5. The summed E-state index contributed by atoms with van der Waals surface area (Å²) in [4.78, 5) is 13.8. The predicted molar refractivity (Wildman–Crippen MR) is 99.6 cm³/mol. The molecule has 1 heterocycles. The fraction of sp³-hybridized carbons (Fsp3) is 0.211. The third-order valence-electron chi connectivity index (χ3n) is 3.64. The molecule has 0 aliphatic heterocycles. The SMILES string of the molecule is CCCNCNC(=O)n1c(Sc2ccccc2)cc2ccccc21. The summed E-state index contributed by atoms with van der Waals surface area (Å²) >= 11 is 1.59. The molecule has 0 bridgehead atoms. The van der Waals surface area contributed by atoms with E-state index in [1.54, 1.807) is 16.3 Å². The first-order valence-corrected chi connectivity index (χ1v) is 8.93. The number of benzene rings is 2. The number of nitrogens with zero attached hydrogens (tertiary/aromatic N) is 1. The Kier molecular flexibility index (Phi) is 5.56. The van der Waals surface area contributed by atoms with E-state index in [1.165, 1.54) is 0 Å². The Morgan fingerprint density at radius 1 is 1.08 bits per heavy atom. The van der Waals surface area contributed by atoms with Crippen molar-refractivity contribution in [3.63, 3.8) is 0 Å². The second-order valence-corrected chi connectivity index (χ2v) is 6.54. The molecule has 3 aromatic rings. The van der Waals surface area contributed by atoms with Crippen molar-refractivity contribution in [3.05, 3.63) is 60.7 Å². The number of carbonyl (C=O) groups is 1. The van der Waals surface area contributed by atoms with Gasteiger partial charge in [0.25, 0.3) is 0 Å². The summed E-state index contributed by atoms with van der Waals surface area (Å²) in [6.07, 6.45) is 1.04. The van der Waals surface area contributed by atoms with Crippen LogP contribution in [0.2, 0.25) is 0 Å². The van der Waals surface area contributed by atoms with Gasteiger partial charge in [0.1, 0.15) is 0 Å². The Bertz CT molecular complexity index is 814. The van der Waals surface area contributed by atoms with Crippen molar-refractivity contribution >= 4 is 28.7 Å². The maximum absolute atomic E-state index is 12.7. The number of nitrogens with one attached hydrogen (secondary N) is 2. The fourth-order valence-corrected chi connectivity index (χ4v) is 3.50. The van der Waals surface area contributed by atoms with Gasteiger partial charge < -0.3 is 5.32 Å². The Morgan fingerprint density at radius 2 is 1.83 bits per heavy atom. The Balaban J connectivity index is 1.89. The Labute approximate surface area is 146 Å². The van der Waals surface area contributed by atoms with Gasteiger partial charge in [0.2, 0.25) is 0 Å². The molecule has 0 atom stereocenters. The van der Waals surface area contributed by atoms with E-state index < -0.39 is 0 Å². The summed E-state index contributed by atoms with van der Waals surface area (Å²) in [7, 11) is 0. The molecule has 0 unspecified atom stereocenters. The van der Waals surface area contributed by atoms with Crippen molar-refractivity contribution in [2.75, 3.05) is 13.2 Å². The van der Waals surface area contributed by atoms with Gasteiger partial charge in [-0.2, -0.15) is 0 Å². The maximum atomic E-state index is 12.7. The van der Waals surface area contributed by atoms with Gasteiger partial charge in [0, 0.05) is 10.3 Å². The molecule has 1 amide bonds. The van der Waals surface area contributed by atoms with Gasteiger partial charge in [-0.3, -0.25) is 9.88 Å². The molecule has 124 valence electrons. The topological polar surface area (TPSA) is 46.1 Å². The molecule has 0 saturated heterocycles. The van der Waals surface area contributed by atoms with Crippen molar-refractivity contribution in [3.8, 4) is 0 Å². The molecule has 24 heavy (non-hydrogen) atoms. The maximum Gasteiger partial charge on any atom is 0.327 e. The lowest BCUT2D eigenvalue weighted by Gasteiger charge is -2.11. The Morgan fingerprint density at radius 3 is 2.62 bits per heavy atom. The van der Waals surface area contributed by atoms with Gasteiger partial charge >= 0.3 is 6.03 Å². The van der Waals surface area contributed by atoms with Crippen LogP contribution < -0.4 is 10.6 Å². The molecule has 0 aliphatic rings. The first-order chi connectivity index (χ1) is 11.8. The van der Waals surface area contributed by atoms with E-state index in [4.69, 9.17) is 0 Å². The first kappa shape index (κ1) is 16.6. The Hall–Kier alpha value is -2.24. The van der Waals surface area contributed by atoms with Crippen LogP contribution >= 0.6 is 11.8 Å². The van der Waals surface area contributed by atoms with E-state index in [2.05, 4.69) is 23.6 Å². The number of carbonyl (C=O) groups excluding carboxylic acids is 1. The second kappa shape index (κ2) is 8.04. The van der Waals surface area contributed by atoms with Crippen LogP contribution in [0.4, 0.5) is 4.79 Å². The molecular formula is C19H21N3OS. The third-order valence-corrected chi connectivity index (χ3v) is 4.65. The predicted octanol–water partition coefficient (Wildman–Crippen LogP) is 4.31. The second-order valence-electron chi connectivity index (χ2n) is 5.45. The quantitative estimate of drug-likeness (QED) is 0.520. The van der Waals surface area contributed by atoms with Gasteiger partial charge in [-0.1, -0.05) is 55.1 Å². The van der Waals surface area contributed by atoms with Crippen molar-refractivity contribution in [2.45, 2.75) is 23.3 Å². The standard InChI is InChI=1S/C19H21N3OS/c1-2-12-20-14-21-19(23)22-17-11-7-6-8-15(17)13-18(22)24-16-9-4-3-5-10-16/h3-11,13,20H,2,12,14H2,1H3,(H,21,23). The summed E-state index contributed by atoms with van der Waals surface area (Å²) in [5, 5.41) is 8.11. The largest absolute Gasteiger partial charge is 0.327 e. The van der Waals surface area contributed by atoms with Gasteiger partial charge in [-0.15, -0.1) is 0 Å². The molecule has 2 aromatic carbocycles. The highest BCUT2D eigenvalue weighted by molar-refractivity contribution is 7.99. The highest BCUT2D eigenvalue weighted by Crippen LogP contribution is 2.32. The number of aromatic nitrogens is 1. The summed E-state index contributed by atoms with van der Waals surface area (Å²) in [5.74, 6) is 0. The van der Waals surface area contributed by atoms with Crippen LogP contribution in [0.15, 0.2) is 70.6 Å². The van der Waals surface area contributed by atoms with E-state index in [0.717, 1.165) is 33.8 Å². The molecule has 0 saturated carbocycles. The normalized spacial score (nSPS) is 10.9. The number of rotatable bonds is 6. The number of amides is 1. The molecule has 2 N–H and O–H groups in total. The van der Waals surface area contributed by atoms with Gasteiger partial charge in [-0.05, 0) is 37.2 Å². The average Bonchev–Trinajstić information content (AvgIpc) is 2.97. The number of fused-ring (bicyclic) bond motifs is 1. The van der Waals surface area contributed by atoms with Gasteiger partial charge in [0.15, 0.2) is 0 Å². The van der Waals surface area contributed by atoms with Crippen LogP contribution in [0, 0.1) is 0 Å². The highest BCUT2D eigenvalue weighted by atomic mass is 32.2. The van der Waals surface area contributed by atoms with Crippen LogP contribution in [-0.4, -0.2) is 23.8 Å². The smallest absolute Gasteiger partial charge is 0.325 e. The molecule has 5 heteroatoms. The molecule has 4 nitrogen and oxygen atoms in total. The average molecular weight is 339 g/mol. The van der Waals surface area contributed by atoms with Crippen molar-refractivity contribution in [1.82, 2.24) is 15.2 Å². The minimum absolute atomic E-state index is 0.113. The molecule has 0 fully saturated rings. The summed E-state index contributed by atoms with van der Waals surface area (Å²) in [5.41, 5.74) is 0.920.